The van der Waals surface area contributed by atoms with Crippen molar-refractivity contribution in [2.24, 2.45) is 5.92 Å². The maximum atomic E-state index is 13.0. The molecule has 1 N–H and O–H groups in total. The summed E-state index contributed by atoms with van der Waals surface area (Å²) in [5.74, 6) is -0.600. The van der Waals surface area contributed by atoms with Gasteiger partial charge in [-0.2, -0.15) is 13.2 Å². The highest BCUT2D eigenvalue weighted by atomic mass is 19.4. The van der Waals surface area contributed by atoms with E-state index in [1.165, 1.54) is 12.1 Å². The van der Waals surface area contributed by atoms with Crippen molar-refractivity contribution in [3.63, 3.8) is 0 Å². The van der Waals surface area contributed by atoms with Crippen molar-refractivity contribution in [3.05, 3.63) is 59.7 Å². The first kappa shape index (κ1) is 25.0. The first-order valence-electron chi connectivity index (χ1n) is 12.1. The maximum absolute atomic E-state index is 13.0. The zero-order chi connectivity index (χ0) is 25.0. The van der Waals surface area contributed by atoms with Crippen LogP contribution in [0, 0.1) is 5.92 Å². The van der Waals surface area contributed by atoms with E-state index >= 15 is 0 Å². The molecule has 0 radical (unpaired) electrons. The Morgan fingerprint density at radius 1 is 0.914 bits per heavy atom. The summed E-state index contributed by atoms with van der Waals surface area (Å²) in [5, 5.41) is 3.09. The normalized spacial score (nSPS) is 17.9. The number of halogens is 3. The van der Waals surface area contributed by atoms with E-state index in [0.717, 1.165) is 56.2 Å². The lowest BCUT2D eigenvalue weighted by Crippen LogP contribution is -2.46. The molecule has 2 aliphatic rings. The fourth-order valence-corrected chi connectivity index (χ4v) is 4.72. The summed E-state index contributed by atoms with van der Waals surface area (Å²) in [4.78, 5) is 32.1. The van der Waals surface area contributed by atoms with Crippen molar-refractivity contribution in [3.8, 4) is 0 Å². The number of anilines is 2. The van der Waals surface area contributed by atoms with Crippen LogP contribution in [-0.2, 0) is 11.0 Å². The van der Waals surface area contributed by atoms with Gasteiger partial charge in [-0.05, 0) is 55.8 Å². The molecular formula is C26H31F3N4O2. The molecule has 0 bridgehead atoms. The summed E-state index contributed by atoms with van der Waals surface area (Å²) in [7, 11) is 0. The summed E-state index contributed by atoms with van der Waals surface area (Å²) < 4.78 is 38.3. The maximum Gasteiger partial charge on any atom is 0.416 e. The minimum Gasteiger partial charge on any atom is -0.367 e. The van der Waals surface area contributed by atoms with Gasteiger partial charge in [0.15, 0.2) is 0 Å². The number of alkyl halides is 3. The van der Waals surface area contributed by atoms with Crippen LogP contribution in [0.25, 0.3) is 0 Å². The molecule has 2 saturated heterocycles. The average molecular weight is 489 g/mol. The topological polar surface area (TPSA) is 55.9 Å². The fraction of sp³-hybridized carbons (Fsp3) is 0.462. The van der Waals surface area contributed by atoms with Crippen LogP contribution in [0.3, 0.4) is 0 Å². The van der Waals surface area contributed by atoms with Gasteiger partial charge in [-0.3, -0.25) is 9.59 Å². The number of hydrogen-bond donors (Lipinski definition) is 1. The number of carbonyl (C=O) groups is 2. The van der Waals surface area contributed by atoms with Gasteiger partial charge in [-0.25, -0.2) is 0 Å². The van der Waals surface area contributed by atoms with Crippen molar-refractivity contribution in [1.82, 2.24) is 9.80 Å². The molecule has 0 aromatic heterocycles. The quantitative estimate of drug-likeness (QED) is 0.681. The standard InChI is InChI=1S/C26H31F3N4O2/c1-2-31-15-17-32(18-16-31)23-6-4-3-5-22(23)30-24(34)19-11-13-33(14-12-19)25(35)20-7-9-21(10-8-20)26(27,28)29/h3-10,19H,2,11-18H2,1H3,(H,30,34). The second-order valence-electron chi connectivity index (χ2n) is 9.07. The van der Waals surface area contributed by atoms with Crippen LogP contribution < -0.4 is 10.2 Å². The molecule has 2 aliphatic heterocycles. The Balaban J connectivity index is 1.33. The first-order chi connectivity index (χ1) is 16.8. The van der Waals surface area contributed by atoms with E-state index in [-0.39, 0.29) is 23.3 Å². The van der Waals surface area contributed by atoms with E-state index in [9.17, 15) is 22.8 Å². The minimum atomic E-state index is -4.43. The van der Waals surface area contributed by atoms with Gasteiger partial charge in [0.25, 0.3) is 5.91 Å². The number of likely N-dealkylation sites (N-methyl/N-ethyl adjacent to an activating group) is 1. The number of benzene rings is 2. The fourth-order valence-electron chi connectivity index (χ4n) is 4.72. The van der Waals surface area contributed by atoms with Gasteiger partial charge in [-0.1, -0.05) is 19.1 Å². The molecule has 2 amide bonds. The summed E-state index contributed by atoms with van der Waals surface area (Å²) in [6.45, 7) is 7.76. The zero-order valence-corrected chi connectivity index (χ0v) is 19.9. The Morgan fingerprint density at radius 2 is 1.54 bits per heavy atom. The van der Waals surface area contributed by atoms with Crippen LogP contribution in [0.4, 0.5) is 24.5 Å². The smallest absolute Gasteiger partial charge is 0.367 e. The zero-order valence-electron chi connectivity index (χ0n) is 19.9. The minimum absolute atomic E-state index is 0.0636. The molecular weight excluding hydrogens is 457 g/mol. The number of piperazine rings is 1. The largest absolute Gasteiger partial charge is 0.416 e. The number of amides is 2. The van der Waals surface area contributed by atoms with Gasteiger partial charge in [0.1, 0.15) is 0 Å². The van der Waals surface area contributed by atoms with Crippen molar-refractivity contribution in [1.29, 1.82) is 0 Å². The molecule has 35 heavy (non-hydrogen) atoms. The summed E-state index contributed by atoms with van der Waals surface area (Å²) in [5.41, 5.74) is 1.26. The van der Waals surface area contributed by atoms with Gasteiger partial charge >= 0.3 is 6.18 Å². The summed E-state index contributed by atoms with van der Waals surface area (Å²) >= 11 is 0. The number of nitrogens with zero attached hydrogens (tertiary/aromatic N) is 3. The van der Waals surface area contributed by atoms with Gasteiger partial charge in [0, 0.05) is 50.7 Å². The summed E-state index contributed by atoms with van der Waals surface area (Å²) in [6.07, 6.45) is -3.42. The molecule has 2 heterocycles. The Morgan fingerprint density at radius 3 is 2.14 bits per heavy atom. The third-order valence-corrected chi connectivity index (χ3v) is 6.93. The molecule has 188 valence electrons. The predicted octanol–water partition coefficient (Wildman–Crippen LogP) is 4.34. The molecule has 4 rings (SSSR count). The SMILES string of the molecule is CCN1CCN(c2ccccc2NC(=O)C2CCN(C(=O)c3ccc(C(F)(F)F)cc3)CC2)CC1. The van der Waals surface area contributed by atoms with Crippen LogP contribution in [0.1, 0.15) is 35.7 Å². The van der Waals surface area contributed by atoms with Crippen LogP contribution in [0.2, 0.25) is 0 Å². The van der Waals surface area contributed by atoms with Crippen LogP contribution in [0.15, 0.2) is 48.5 Å². The van der Waals surface area contributed by atoms with Crippen molar-refractivity contribution < 1.29 is 22.8 Å². The van der Waals surface area contributed by atoms with E-state index in [2.05, 4.69) is 22.0 Å². The second kappa shape index (κ2) is 10.7. The average Bonchev–Trinajstić information content (AvgIpc) is 2.88. The molecule has 0 spiro atoms. The molecule has 2 fully saturated rings. The highest BCUT2D eigenvalue weighted by Crippen LogP contribution is 2.30. The molecule has 0 saturated carbocycles. The third kappa shape index (κ3) is 5.96. The number of rotatable bonds is 5. The molecule has 2 aromatic rings. The highest BCUT2D eigenvalue weighted by Gasteiger charge is 2.32. The van der Waals surface area contributed by atoms with Gasteiger partial charge in [0.05, 0.1) is 16.9 Å². The van der Waals surface area contributed by atoms with Crippen LogP contribution in [0.5, 0.6) is 0 Å². The lowest BCUT2D eigenvalue weighted by molar-refractivity contribution is -0.137. The van der Waals surface area contributed by atoms with Gasteiger partial charge in [-0.15, -0.1) is 0 Å². The molecule has 2 aromatic carbocycles. The van der Waals surface area contributed by atoms with E-state index in [1.54, 1.807) is 4.90 Å². The van der Waals surface area contributed by atoms with Crippen LogP contribution >= 0.6 is 0 Å². The number of carbonyl (C=O) groups excluding carboxylic acids is 2. The van der Waals surface area contributed by atoms with Crippen molar-refractivity contribution in [2.75, 3.05) is 56.0 Å². The molecule has 0 unspecified atom stereocenters. The predicted molar refractivity (Wildman–Crippen MR) is 129 cm³/mol. The Bertz CT molecular complexity index is 1030. The third-order valence-electron chi connectivity index (χ3n) is 6.93. The number of likely N-dealkylation sites (tertiary alicyclic amines) is 1. The molecule has 0 atom stereocenters. The van der Waals surface area contributed by atoms with Gasteiger partial charge < -0.3 is 20.0 Å². The number of nitrogens with one attached hydrogen (secondary N) is 1. The highest BCUT2D eigenvalue weighted by molar-refractivity contribution is 5.97. The molecule has 6 nitrogen and oxygen atoms in total. The van der Waals surface area contributed by atoms with Crippen molar-refractivity contribution in [2.45, 2.75) is 25.9 Å². The number of para-hydroxylation sites is 2. The lowest BCUT2D eigenvalue weighted by atomic mass is 9.95. The Hall–Kier alpha value is -3.07. The summed E-state index contributed by atoms with van der Waals surface area (Å²) in [6, 6.07) is 12.1. The second-order valence-corrected chi connectivity index (χ2v) is 9.07. The van der Waals surface area contributed by atoms with E-state index in [4.69, 9.17) is 0 Å². The lowest BCUT2D eigenvalue weighted by Gasteiger charge is -2.36. The van der Waals surface area contributed by atoms with Gasteiger partial charge in [0.2, 0.25) is 5.91 Å². The Kier molecular flexibility index (Phi) is 7.64. The molecule has 0 aliphatic carbocycles. The molecule has 9 heteroatoms. The number of piperidine rings is 1. The monoisotopic (exact) mass is 488 g/mol. The Labute approximate surface area is 203 Å². The van der Waals surface area contributed by atoms with E-state index < -0.39 is 11.7 Å². The van der Waals surface area contributed by atoms with Crippen LogP contribution in [-0.4, -0.2) is 67.4 Å². The van der Waals surface area contributed by atoms with Crippen molar-refractivity contribution >= 4 is 23.2 Å². The first-order valence-corrected chi connectivity index (χ1v) is 12.1. The number of hydrogen-bond acceptors (Lipinski definition) is 4. The van der Waals surface area contributed by atoms with E-state index in [0.29, 0.717) is 25.9 Å². The van der Waals surface area contributed by atoms with E-state index in [1.807, 2.05) is 24.3 Å².